The van der Waals surface area contributed by atoms with Crippen LogP contribution in [0.25, 0.3) is 0 Å². The summed E-state index contributed by atoms with van der Waals surface area (Å²) in [6.45, 7) is 4.64. The average Bonchev–Trinajstić information content (AvgIpc) is 2.82. The molecule has 0 bridgehead atoms. The lowest BCUT2D eigenvalue weighted by Gasteiger charge is -2.10. The quantitative estimate of drug-likeness (QED) is 0.520. The van der Waals surface area contributed by atoms with E-state index in [2.05, 4.69) is 17.2 Å². The highest BCUT2D eigenvalue weighted by atomic mass is 16.2. The predicted octanol–water partition coefficient (Wildman–Crippen LogP) is 1.38. The van der Waals surface area contributed by atoms with Gasteiger partial charge in [0.25, 0.3) is 0 Å². The van der Waals surface area contributed by atoms with Crippen molar-refractivity contribution in [2.45, 2.75) is 38.5 Å². The molecule has 0 heterocycles. The van der Waals surface area contributed by atoms with Gasteiger partial charge in [0.05, 0.1) is 0 Å². The van der Waals surface area contributed by atoms with Gasteiger partial charge in [-0.05, 0) is 19.3 Å². The first kappa shape index (κ1) is 13.7. The maximum Gasteiger partial charge on any atom is 0.223 e. The van der Waals surface area contributed by atoms with Gasteiger partial charge in [0.2, 0.25) is 11.8 Å². The molecular weight excluding hydrogens is 216 g/mol. The fourth-order valence-corrected chi connectivity index (χ4v) is 2.03. The zero-order chi connectivity index (χ0) is 12.5. The molecule has 2 amide bonds. The molecule has 0 aromatic heterocycles. The molecular formula is C13H22N2O2. The standard InChI is InChI=1S/C13H22N2O2/c1-2-3-9-14-12(16)8-10-15-13(17)11-6-4-5-7-11/h2,11H,1,3-10H2,(H,14,16)(H,15,17). The molecule has 0 radical (unpaired) electrons. The molecule has 1 aliphatic carbocycles. The zero-order valence-electron chi connectivity index (χ0n) is 10.3. The van der Waals surface area contributed by atoms with Gasteiger partial charge in [-0.25, -0.2) is 0 Å². The van der Waals surface area contributed by atoms with Crippen molar-refractivity contribution in [2.24, 2.45) is 5.92 Å². The third-order valence-electron chi connectivity index (χ3n) is 3.05. The maximum absolute atomic E-state index is 11.6. The molecule has 0 aliphatic heterocycles. The van der Waals surface area contributed by atoms with Crippen LogP contribution in [0.15, 0.2) is 12.7 Å². The third-order valence-corrected chi connectivity index (χ3v) is 3.05. The van der Waals surface area contributed by atoms with E-state index < -0.39 is 0 Å². The fourth-order valence-electron chi connectivity index (χ4n) is 2.03. The number of nitrogens with one attached hydrogen (secondary N) is 2. The third kappa shape index (κ3) is 5.52. The SMILES string of the molecule is C=CCCNC(=O)CCNC(=O)C1CCCC1. The van der Waals surface area contributed by atoms with Gasteiger partial charge in [0.1, 0.15) is 0 Å². The second-order valence-electron chi connectivity index (χ2n) is 4.45. The van der Waals surface area contributed by atoms with Gasteiger partial charge in [0.15, 0.2) is 0 Å². The van der Waals surface area contributed by atoms with E-state index in [0.29, 0.717) is 19.5 Å². The molecule has 1 rings (SSSR count). The summed E-state index contributed by atoms with van der Waals surface area (Å²) in [5.41, 5.74) is 0. The minimum Gasteiger partial charge on any atom is -0.356 e. The Morgan fingerprint density at radius 2 is 1.88 bits per heavy atom. The number of carbonyl (C=O) groups excluding carboxylic acids is 2. The van der Waals surface area contributed by atoms with Crippen LogP contribution < -0.4 is 10.6 Å². The van der Waals surface area contributed by atoms with E-state index in [9.17, 15) is 9.59 Å². The van der Waals surface area contributed by atoms with Crippen LogP contribution in [0.1, 0.15) is 38.5 Å². The fraction of sp³-hybridized carbons (Fsp3) is 0.692. The Morgan fingerprint density at radius 3 is 2.53 bits per heavy atom. The highest BCUT2D eigenvalue weighted by Gasteiger charge is 2.22. The molecule has 0 aromatic carbocycles. The van der Waals surface area contributed by atoms with Crippen LogP contribution in [0.3, 0.4) is 0 Å². The van der Waals surface area contributed by atoms with Crippen molar-refractivity contribution >= 4 is 11.8 Å². The van der Waals surface area contributed by atoms with Gasteiger partial charge in [-0.1, -0.05) is 18.9 Å². The summed E-state index contributed by atoms with van der Waals surface area (Å²) < 4.78 is 0. The molecule has 0 atom stereocenters. The molecule has 0 aromatic rings. The summed E-state index contributed by atoms with van der Waals surface area (Å²) in [5.74, 6) is 0.277. The number of rotatable bonds is 7. The van der Waals surface area contributed by atoms with Gasteiger partial charge in [-0.15, -0.1) is 6.58 Å². The monoisotopic (exact) mass is 238 g/mol. The van der Waals surface area contributed by atoms with Crippen molar-refractivity contribution < 1.29 is 9.59 Å². The van der Waals surface area contributed by atoms with E-state index in [0.717, 1.165) is 32.1 Å². The molecule has 1 fully saturated rings. The van der Waals surface area contributed by atoms with Crippen LogP contribution in [0.4, 0.5) is 0 Å². The summed E-state index contributed by atoms with van der Waals surface area (Å²) in [6.07, 6.45) is 7.20. The van der Waals surface area contributed by atoms with E-state index in [1.54, 1.807) is 6.08 Å². The summed E-state index contributed by atoms with van der Waals surface area (Å²) in [7, 11) is 0. The summed E-state index contributed by atoms with van der Waals surface area (Å²) in [6, 6.07) is 0. The number of amides is 2. The molecule has 4 nitrogen and oxygen atoms in total. The molecule has 96 valence electrons. The van der Waals surface area contributed by atoms with Crippen molar-refractivity contribution in [1.82, 2.24) is 10.6 Å². The van der Waals surface area contributed by atoms with Crippen LogP contribution in [-0.2, 0) is 9.59 Å². The number of hydrogen-bond acceptors (Lipinski definition) is 2. The first-order valence-corrected chi connectivity index (χ1v) is 6.39. The van der Waals surface area contributed by atoms with Gasteiger partial charge < -0.3 is 10.6 Å². The zero-order valence-corrected chi connectivity index (χ0v) is 10.3. The second kappa shape index (κ2) is 7.87. The Bertz CT molecular complexity index is 271. The first-order valence-electron chi connectivity index (χ1n) is 6.39. The van der Waals surface area contributed by atoms with E-state index in [1.807, 2.05) is 0 Å². The first-order chi connectivity index (χ1) is 8.24. The molecule has 1 aliphatic rings. The summed E-state index contributed by atoms with van der Waals surface area (Å²) in [5, 5.41) is 5.59. The molecule has 4 heteroatoms. The van der Waals surface area contributed by atoms with E-state index >= 15 is 0 Å². The smallest absolute Gasteiger partial charge is 0.223 e. The lowest BCUT2D eigenvalue weighted by Crippen LogP contribution is -2.33. The largest absolute Gasteiger partial charge is 0.356 e. The van der Waals surface area contributed by atoms with Crippen LogP contribution in [0.5, 0.6) is 0 Å². The summed E-state index contributed by atoms with van der Waals surface area (Å²) >= 11 is 0. The van der Waals surface area contributed by atoms with E-state index in [1.165, 1.54) is 0 Å². The van der Waals surface area contributed by atoms with Crippen LogP contribution in [0.2, 0.25) is 0 Å². The van der Waals surface area contributed by atoms with Gasteiger partial charge in [-0.3, -0.25) is 9.59 Å². The Balaban J connectivity index is 2.04. The molecule has 0 spiro atoms. The molecule has 1 saturated carbocycles. The second-order valence-corrected chi connectivity index (χ2v) is 4.45. The van der Waals surface area contributed by atoms with Crippen LogP contribution >= 0.6 is 0 Å². The van der Waals surface area contributed by atoms with Crippen LogP contribution in [-0.4, -0.2) is 24.9 Å². The normalized spacial score (nSPS) is 15.5. The van der Waals surface area contributed by atoms with Gasteiger partial charge >= 0.3 is 0 Å². The van der Waals surface area contributed by atoms with Crippen LogP contribution in [0, 0.1) is 5.92 Å². The topological polar surface area (TPSA) is 58.2 Å². The van der Waals surface area contributed by atoms with Gasteiger partial charge in [-0.2, -0.15) is 0 Å². The predicted molar refractivity (Wildman–Crippen MR) is 67.4 cm³/mol. The molecule has 0 unspecified atom stereocenters. The van der Waals surface area contributed by atoms with Crippen molar-refractivity contribution in [3.8, 4) is 0 Å². The maximum atomic E-state index is 11.6. The number of carbonyl (C=O) groups is 2. The average molecular weight is 238 g/mol. The lowest BCUT2D eigenvalue weighted by atomic mass is 10.1. The van der Waals surface area contributed by atoms with Crippen molar-refractivity contribution in [1.29, 1.82) is 0 Å². The minimum atomic E-state index is -0.0152. The number of hydrogen-bond donors (Lipinski definition) is 2. The van der Waals surface area contributed by atoms with E-state index in [4.69, 9.17) is 0 Å². The van der Waals surface area contributed by atoms with Crippen molar-refractivity contribution in [3.63, 3.8) is 0 Å². The Labute approximate surface area is 103 Å². The molecule has 17 heavy (non-hydrogen) atoms. The molecule has 2 N–H and O–H groups in total. The van der Waals surface area contributed by atoms with E-state index in [-0.39, 0.29) is 17.7 Å². The Hall–Kier alpha value is -1.32. The molecule has 0 saturated heterocycles. The van der Waals surface area contributed by atoms with Crippen molar-refractivity contribution in [3.05, 3.63) is 12.7 Å². The highest BCUT2D eigenvalue weighted by molar-refractivity contribution is 5.80. The minimum absolute atomic E-state index is 0.0152. The Kier molecular flexibility index (Phi) is 6.37. The highest BCUT2D eigenvalue weighted by Crippen LogP contribution is 2.24. The Morgan fingerprint density at radius 1 is 1.18 bits per heavy atom. The lowest BCUT2D eigenvalue weighted by molar-refractivity contribution is -0.125. The van der Waals surface area contributed by atoms with Gasteiger partial charge in [0, 0.05) is 25.4 Å². The van der Waals surface area contributed by atoms with Crippen molar-refractivity contribution in [2.75, 3.05) is 13.1 Å². The summed E-state index contributed by atoms with van der Waals surface area (Å²) in [4.78, 5) is 23.0.